The summed E-state index contributed by atoms with van der Waals surface area (Å²) < 4.78 is 9.45. The minimum atomic E-state index is -3.35. The van der Waals surface area contributed by atoms with Crippen molar-refractivity contribution in [3.05, 3.63) is 0 Å². The highest BCUT2D eigenvalue weighted by Gasteiger charge is 2.00. The lowest BCUT2D eigenvalue weighted by Crippen LogP contribution is -1.38. The first-order valence-corrected chi connectivity index (χ1v) is 5.30. The maximum Gasteiger partial charge on any atom is 0.351 e. The fourth-order valence-corrected chi connectivity index (χ4v) is 0. The van der Waals surface area contributed by atoms with Crippen molar-refractivity contribution in [1.82, 2.24) is 0 Å². The van der Waals surface area contributed by atoms with E-state index in [0.29, 0.717) is 0 Å². The average molecular weight is 179 g/mol. The summed E-state index contributed by atoms with van der Waals surface area (Å²) in [6.07, 6.45) is 0. The van der Waals surface area contributed by atoms with Crippen LogP contribution in [0, 0.1) is 0 Å². The molecule has 0 aliphatic heterocycles. The predicted octanol–water partition coefficient (Wildman–Crippen LogP) is 1.72. The van der Waals surface area contributed by atoms with Crippen LogP contribution >= 0.6 is 32.2 Å². The van der Waals surface area contributed by atoms with Crippen LogP contribution in [0.1, 0.15) is 0 Å². The Kier molecular flexibility index (Phi) is 1.91. The number of hydrogen-bond donors (Lipinski definition) is 1. The highest BCUT2D eigenvalue weighted by Crippen LogP contribution is 2.54. The minimum Gasteiger partial charge on any atom is -0.325 e. The van der Waals surface area contributed by atoms with Crippen LogP contribution in [-0.2, 0) is 4.57 Å². The van der Waals surface area contributed by atoms with E-state index in [9.17, 15) is 4.57 Å². The molecule has 5 heteroatoms. The van der Waals surface area contributed by atoms with Crippen LogP contribution in [0.3, 0.4) is 0 Å². The maximum atomic E-state index is 9.45. The van der Waals surface area contributed by atoms with Crippen molar-refractivity contribution < 1.29 is 9.46 Å². The smallest absolute Gasteiger partial charge is 0.325 e. The summed E-state index contributed by atoms with van der Waals surface area (Å²) in [4.78, 5) is 7.76. The molecule has 0 saturated carbocycles. The topological polar surface area (TPSA) is 37.3 Å². The van der Waals surface area contributed by atoms with Gasteiger partial charge in [-0.1, -0.05) is 0 Å². The summed E-state index contributed by atoms with van der Waals surface area (Å²) >= 11 is 6.81. The Balaban J connectivity index is 3.47. The second-order valence-electron chi connectivity index (χ2n) is 0.435. The SMILES string of the molecule is O=P(O)(Cl)Br. The molecule has 5 heavy (non-hydrogen) atoms. The second kappa shape index (κ2) is 1.61. The van der Waals surface area contributed by atoms with Gasteiger partial charge in [0.25, 0.3) is 0 Å². The maximum absolute atomic E-state index is 9.45. The summed E-state index contributed by atoms with van der Waals surface area (Å²) in [6.45, 7) is 0. The van der Waals surface area contributed by atoms with E-state index in [1.807, 2.05) is 0 Å². The Morgan fingerprint density at radius 1 is 2.00 bits per heavy atom. The molecule has 2 nitrogen and oxygen atoms in total. The summed E-state index contributed by atoms with van der Waals surface area (Å²) in [5.41, 5.74) is -3.35. The molecule has 0 bridgehead atoms. The van der Waals surface area contributed by atoms with Crippen LogP contribution in [-0.4, -0.2) is 4.89 Å². The fraction of sp³-hybridized carbons (Fsp3) is 0. The van der Waals surface area contributed by atoms with Crippen LogP contribution in [0.5, 0.6) is 0 Å². The van der Waals surface area contributed by atoms with E-state index in [1.165, 1.54) is 0 Å². The first kappa shape index (κ1) is 5.96. The molecule has 0 saturated heterocycles. The van der Waals surface area contributed by atoms with Gasteiger partial charge in [-0.05, 0) is 11.2 Å². The monoisotopic (exact) mass is 178 g/mol. The predicted molar refractivity (Wildman–Crippen MR) is 24.6 cm³/mol. The van der Waals surface area contributed by atoms with Gasteiger partial charge in [-0.3, -0.25) is 4.57 Å². The van der Waals surface area contributed by atoms with Crippen LogP contribution in [0.15, 0.2) is 0 Å². The molecule has 0 amide bonds. The number of halogens is 2. The highest BCUT2D eigenvalue weighted by atomic mass is 79.9. The van der Waals surface area contributed by atoms with Crippen molar-refractivity contribution >= 4 is 32.2 Å². The van der Waals surface area contributed by atoms with Crippen molar-refractivity contribution in [1.29, 1.82) is 0 Å². The quantitative estimate of drug-likeness (QED) is 0.575. The first-order valence-electron chi connectivity index (χ1n) is 0.721. The van der Waals surface area contributed by atoms with E-state index in [0.717, 1.165) is 0 Å². The van der Waals surface area contributed by atoms with Gasteiger partial charge >= 0.3 is 5.42 Å². The molecule has 32 valence electrons. The van der Waals surface area contributed by atoms with E-state index < -0.39 is 5.42 Å². The van der Waals surface area contributed by atoms with Gasteiger partial charge in [0, 0.05) is 15.5 Å². The lowest BCUT2D eigenvalue weighted by atomic mass is 15.9. The molecule has 0 fully saturated rings. The molecule has 1 unspecified atom stereocenters. The largest absolute Gasteiger partial charge is 0.351 e. The highest BCUT2D eigenvalue weighted by molar-refractivity contribution is 9.42. The van der Waals surface area contributed by atoms with Crippen molar-refractivity contribution in [2.75, 3.05) is 0 Å². The standard InChI is InChI=1S/BrClHO2P/c1-5(2,3)4/h(H,3,4). The van der Waals surface area contributed by atoms with E-state index in [2.05, 4.69) is 26.7 Å². The summed E-state index contributed by atoms with van der Waals surface area (Å²) in [6, 6.07) is 0. The zero-order valence-corrected chi connectivity index (χ0v) is 5.29. The Labute approximate surface area is 42.1 Å². The van der Waals surface area contributed by atoms with Crippen LogP contribution in [0.2, 0.25) is 0 Å². The average Bonchev–Trinajstić information content (AvgIpc) is 0.722. The second-order valence-corrected chi connectivity index (χ2v) is 6.79. The van der Waals surface area contributed by atoms with Crippen molar-refractivity contribution in [3.63, 3.8) is 0 Å². The van der Waals surface area contributed by atoms with Gasteiger partial charge in [0.05, 0.1) is 0 Å². The molecule has 1 N–H and O–H groups in total. The minimum absolute atomic E-state index is 2.25. The van der Waals surface area contributed by atoms with Crippen LogP contribution < -0.4 is 0 Å². The van der Waals surface area contributed by atoms with Gasteiger partial charge in [0.15, 0.2) is 0 Å². The van der Waals surface area contributed by atoms with Gasteiger partial charge < -0.3 is 4.89 Å². The van der Waals surface area contributed by atoms with E-state index in [1.54, 1.807) is 0 Å². The molecule has 0 aliphatic rings. The summed E-state index contributed by atoms with van der Waals surface area (Å²) in [7, 11) is 0. The Morgan fingerprint density at radius 2 is 2.00 bits per heavy atom. The van der Waals surface area contributed by atoms with Crippen LogP contribution in [0.25, 0.3) is 0 Å². The summed E-state index contributed by atoms with van der Waals surface area (Å²) in [5.74, 6) is 0. The van der Waals surface area contributed by atoms with Gasteiger partial charge in [0.2, 0.25) is 0 Å². The molecule has 0 heterocycles. The molecule has 0 aromatic heterocycles. The molecule has 1 atom stereocenters. The molecule has 0 spiro atoms. The molecule has 0 rings (SSSR count). The Bertz CT molecular complexity index is 55.8. The van der Waals surface area contributed by atoms with Crippen LogP contribution in [0.4, 0.5) is 0 Å². The lowest BCUT2D eigenvalue weighted by molar-refractivity contribution is 0.514. The zero-order chi connectivity index (χ0) is 4.50. The zero-order valence-electron chi connectivity index (χ0n) is 2.06. The van der Waals surface area contributed by atoms with Gasteiger partial charge in [-0.15, -0.1) is 0 Å². The number of hydrogen-bond acceptors (Lipinski definition) is 1. The van der Waals surface area contributed by atoms with Gasteiger partial charge in [-0.25, -0.2) is 0 Å². The van der Waals surface area contributed by atoms with E-state index >= 15 is 0 Å². The molecule has 0 aliphatic carbocycles. The molecular formula is HBrClO2P. The molecule has 0 radical (unpaired) electrons. The summed E-state index contributed by atoms with van der Waals surface area (Å²) in [5, 5.41) is 0. The fourth-order valence-electron chi connectivity index (χ4n) is 0. The van der Waals surface area contributed by atoms with Crippen molar-refractivity contribution in [3.8, 4) is 0 Å². The molecule has 0 aromatic rings. The normalized spacial score (nSPS) is 21.4. The van der Waals surface area contributed by atoms with Crippen molar-refractivity contribution in [2.45, 2.75) is 0 Å². The van der Waals surface area contributed by atoms with Gasteiger partial charge in [0.1, 0.15) is 0 Å². The molecule has 0 aromatic carbocycles. The Hall–Kier alpha value is 0.960. The molecular weight excluding hydrogens is 178 g/mol. The first-order chi connectivity index (χ1) is 2.00. The third-order valence-corrected chi connectivity index (χ3v) is 0. The Morgan fingerprint density at radius 3 is 2.00 bits per heavy atom. The third kappa shape index (κ3) is 47.2. The third-order valence-electron chi connectivity index (χ3n) is 0. The van der Waals surface area contributed by atoms with E-state index in [4.69, 9.17) is 4.89 Å². The van der Waals surface area contributed by atoms with Crippen molar-refractivity contribution in [2.24, 2.45) is 0 Å². The van der Waals surface area contributed by atoms with Gasteiger partial charge in [-0.2, -0.15) is 0 Å². The van der Waals surface area contributed by atoms with E-state index in [-0.39, 0.29) is 0 Å². The lowest BCUT2D eigenvalue weighted by Gasteiger charge is -1.78. The number of rotatable bonds is 0.